The Morgan fingerprint density at radius 2 is 1.42 bits per heavy atom. The molecule has 1 heterocycles. The highest BCUT2D eigenvalue weighted by Crippen LogP contribution is 2.44. The Labute approximate surface area is 252 Å². The van der Waals surface area contributed by atoms with Crippen LogP contribution < -0.4 is 5.43 Å². The van der Waals surface area contributed by atoms with Crippen LogP contribution in [0.3, 0.4) is 0 Å². The van der Waals surface area contributed by atoms with Crippen molar-refractivity contribution in [3.8, 4) is 0 Å². The van der Waals surface area contributed by atoms with Gasteiger partial charge in [0, 0.05) is 11.1 Å². The summed E-state index contributed by atoms with van der Waals surface area (Å²) in [5.74, 6) is -1.25. The van der Waals surface area contributed by atoms with Crippen LogP contribution in [0.25, 0.3) is 0 Å². The van der Waals surface area contributed by atoms with Gasteiger partial charge in [-0.15, -0.1) is 0 Å². The normalized spacial score (nSPS) is 16.8. The maximum Gasteiger partial charge on any atom is 0.431 e. The van der Waals surface area contributed by atoms with Gasteiger partial charge < -0.3 is 9.47 Å². The van der Waals surface area contributed by atoms with Crippen LogP contribution in [0.5, 0.6) is 0 Å². The van der Waals surface area contributed by atoms with Crippen LogP contribution in [0, 0.1) is 13.8 Å². The van der Waals surface area contributed by atoms with Gasteiger partial charge in [0.15, 0.2) is 5.54 Å². The van der Waals surface area contributed by atoms with Crippen molar-refractivity contribution >= 4 is 24.0 Å². The first-order chi connectivity index (χ1) is 20.0. The summed E-state index contributed by atoms with van der Waals surface area (Å²) in [7, 11) is 0. The van der Waals surface area contributed by atoms with Gasteiger partial charge in [0.1, 0.15) is 11.2 Å². The van der Waals surface area contributed by atoms with Crippen LogP contribution in [0.4, 0.5) is 9.59 Å². The number of nitrogens with zero attached hydrogens (tertiary/aromatic N) is 2. The van der Waals surface area contributed by atoms with Crippen molar-refractivity contribution in [2.75, 3.05) is 0 Å². The third-order valence-electron chi connectivity index (χ3n) is 6.97. The van der Waals surface area contributed by atoms with Crippen molar-refractivity contribution in [2.24, 2.45) is 0 Å². The molecule has 1 N–H and O–H groups in total. The van der Waals surface area contributed by atoms with Crippen LogP contribution in [-0.2, 0) is 26.4 Å². The molecule has 1 aliphatic rings. The highest BCUT2D eigenvalue weighted by Gasteiger charge is 2.59. The molecule has 1 atom stereocenters. The van der Waals surface area contributed by atoms with Gasteiger partial charge in [-0.3, -0.25) is 14.5 Å². The van der Waals surface area contributed by atoms with E-state index >= 15 is 4.79 Å². The van der Waals surface area contributed by atoms with Crippen LogP contribution in [0.15, 0.2) is 72.8 Å². The summed E-state index contributed by atoms with van der Waals surface area (Å²) in [6, 6.07) is 21.0. The molecule has 9 heteroatoms. The summed E-state index contributed by atoms with van der Waals surface area (Å²) in [6.07, 6.45) is -1.98. The Kier molecular flexibility index (Phi) is 8.40. The first-order valence-corrected chi connectivity index (χ1v) is 14.1. The Bertz CT molecular complexity index is 1550. The number of hydrogen-bond donors (Lipinski definition) is 1. The second-order valence-corrected chi connectivity index (χ2v) is 12.7. The third-order valence-corrected chi connectivity index (χ3v) is 6.97. The lowest BCUT2D eigenvalue weighted by atomic mass is 9.75. The highest BCUT2D eigenvalue weighted by atomic mass is 16.6. The zero-order chi connectivity index (χ0) is 31.7. The first-order valence-electron chi connectivity index (χ1n) is 14.1. The molecule has 1 unspecified atom stereocenters. The lowest BCUT2D eigenvalue weighted by molar-refractivity contribution is -0.143. The maximum absolute atomic E-state index is 15.1. The number of hydrogen-bond acceptors (Lipinski definition) is 6. The topological polar surface area (TPSA) is 105 Å². The SMILES string of the molecule is Cc1ccc(C2(N(NC(=O)OC(C)(C)C)C(=O)OC(C)(C)C)C(=O)N(Cc3ccccc3)C(=O)c3ccccc32)cc1C. The van der Waals surface area contributed by atoms with Gasteiger partial charge >= 0.3 is 12.2 Å². The Balaban J connectivity index is 2.07. The summed E-state index contributed by atoms with van der Waals surface area (Å²) in [5.41, 5.74) is 1.89. The van der Waals surface area contributed by atoms with E-state index < -0.39 is 40.7 Å². The molecule has 0 aliphatic carbocycles. The van der Waals surface area contributed by atoms with Crippen LogP contribution in [0.2, 0.25) is 0 Å². The molecule has 43 heavy (non-hydrogen) atoms. The zero-order valence-electron chi connectivity index (χ0n) is 26.0. The fourth-order valence-electron chi connectivity index (χ4n) is 5.00. The molecule has 3 aromatic rings. The number of fused-ring (bicyclic) bond motifs is 1. The number of hydrazine groups is 1. The average Bonchev–Trinajstić information content (AvgIpc) is 2.91. The molecular formula is C34H39N3O6. The lowest BCUT2D eigenvalue weighted by Gasteiger charge is -2.47. The Morgan fingerprint density at radius 3 is 2.02 bits per heavy atom. The van der Waals surface area contributed by atoms with Gasteiger partial charge in [-0.1, -0.05) is 66.7 Å². The molecule has 1 aliphatic heterocycles. The smallest absolute Gasteiger partial charge is 0.431 e. The Hall–Kier alpha value is -4.66. The molecule has 0 spiro atoms. The van der Waals surface area contributed by atoms with Gasteiger partial charge in [-0.05, 0) is 83.7 Å². The molecular weight excluding hydrogens is 546 g/mol. The summed E-state index contributed by atoms with van der Waals surface area (Å²) in [4.78, 5) is 57.7. The second kappa shape index (κ2) is 11.6. The van der Waals surface area contributed by atoms with Crippen LogP contribution >= 0.6 is 0 Å². The second-order valence-electron chi connectivity index (χ2n) is 12.7. The monoisotopic (exact) mass is 585 g/mol. The molecule has 226 valence electrons. The third kappa shape index (κ3) is 6.40. The standard InChI is InChI=1S/C34H39N3O6/c1-22-18-19-25(20-23(22)2)34(37(31(41)43-33(6,7)8)35-30(40)42-32(3,4)5)27-17-13-12-16-26(27)28(38)36(29(34)39)21-24-14-10-9-11-15-24/h9-20H,21H2,1-8H3,(H,35,40). The summed E-state index contributed by atoms with van der Waals surface area (Å²) >= 11 is 0. The minimum atomic E-state index is -2.04. The number of aryl methyl sites for hydroxylation is 2. The molecule has 0 bridgehead atoms. The molecule has 0 aromatic heterocycles. The fraction of sp³-hybridized carbons (Fsp3) is 0.353. The van der Waals surface area contributed by atoms with Crippen molar-refractivity contribution < 1.29 is 28.7 Å². The number of imide groups is 1. The van der Waals surface area contributed by atoms with Crippen molar-refractivity contribution in [2.45, 2.75) is 78.7 Å². The van der Waals surface area contributed by atoms with E-state index in [0.29, 0.717) is 11.1 Å². The number of amides is 4. The first kappa shape index (κ1) is 31.3. The summed E-state index contributed by atoms with van der Waals surface area (Å²) in [5, 5.41) is 0.877. The number of ether oxygens (including phenoxy) is 2. The summed E-state index contributed by atoms with van der Waals surface area (Å²) < 4.78 is 11.3. The highest BCUT2D eigenvalue weighted by molar-refractivity contribution is 6.15. The number of carbonyl (C=O) groups excluding carboxylic acids is 4. The minimum Gasteiger partial charge on any atom is -0.443 e. The van der Waals surface area contributed by atoms with Gasteiger partial charge in [-0.25, -0.2) is 15.0 Å². The molecule has 0 saturated heterocycles. The van der Waals surface area contributed by atoms with E-state index in [1.54, 1.807) is 77.9 Å². The van der Waals surface area contributed by atoms with Gasteiger partial charge in [0.2, 0.25) is 0 Å². The van der Waals surface area contributed by atoms with E-state index in [-0.39, 0.29) is 17.7 Å². The maximum atomic E-state index is 15.1. The molecule has 4 rings (SSSR count). The van der Waals surface area contributed by atoms with Crippen molar-refractivity contribution in [3.05, 3.63) is 106 Å². The lowest BCUT2D eigenvalue weighted by Crippen LogP contribution is -2.68. The molecule has 0 saturated carbocycles. The van der Waals surface area contributed by atoms with E-state index in [1.165, 1.54) is 0 Å². The average molecular weight is 586 g/mol. The predicted octanol–water partition coefficient (Wildman–Crippen LogP) is 6.41. The number of rotatable bonds is 4. The fourth-order valence-corrected chi connectivity index (χ4v) is 5.00. The summed E-state index contributed by atoms with van der Waals surface area (Å²) in [6.45, 7) is 13.9. The zero-order valence-corrected chi connectivity index (χ0v) is 26.0. The number of benzene rings is 3. The van der Waals surface area contributed by atoms with Crippen molar-refractivity contribution in [1.82, 2.24) is 15.3 Å². The van der Waals surface area contributed by atoms with Crippen LogP contribution in [-0.4, -0.2) is 45.1 Å². The molecule has 0 radical (unpaired) electrons. The van der Waals surface area contributed by atoms with Crippen molar-refractivity contribution in [1.29, 1.82) is 0 Å². The van der Waals surface area contributed by atoms with Gasteiger partial charge in [-0.2, -0.15) is 5.01 Å². The van der Waals surface area contributed by atoms with Crippen LogP contribution in [0.1, 0.15) is 79.7 Å². The van der Waals surface area contributed by atoms with Gasteiger partial charge in [0.05, 0.1) is 6.54 Å². The van der Waals surface area contributed by atoms with Crippen molar-refractivity contribution in [3.63, 3.8) is 0 Å². The van der Waals surface area contributed by atoms with E-state index in [9.17, 15) is 14.4 Å². The van der Waals surface area contributed by atoms with E-state index in [0.717, 1.165) is 21.0 Å². The number of carbonyl (C=O) groups is 4. The minimum absolute atomic E-state index is 0.0615. The molecule has 0 fully saturated rings. The molecule has 3 aromatic carbocycles. The van der Waals surface area contributed by atoms with E-state index in [2.05, 4.69) is 5.43 Å². The predicted molar refractivity (Wildman–Crippen MR) is 162 cm³/mol. The van der Waals surface area contributed by atoms with E-state index in [1.807, 2.05) is 50.2 Å². The largest absolute Gasteiger partial charge is 0.443 e. The Morgan fingerprint density at radius 1 is 0.814 bits per heavy atom. The van der Waals surface area contributed by atoms with E-state index in [4.69, 9.17) is 9.47 Å². The molecule has 4 amide bonds. The quantitative estimate of drug-likeness (QED) is 0.280. The number of nitrogens with one attached hydrogen (secondary N) is 1. The van der Waals surface area contributed by atoms with Gasteiger partial charge in [0.25, 0.3) is 11.8 Å². The molecule has 9 nitrogen and oxygen atoms in total.